The van der Waals surface area contributed by atoms with Gasteiger partial charge in [0.2, 0.25) is 0 Å². The summed E-state index contributed by atoms with van der Waals surface area (Å²) in [5, 5.41) is 3.51. The van der Waals surface area contributed by atoms with Crippen molar-refractivity contribution in [2.45, 2.75) is 34.6 Å². The molecule has 0 bridgehead atoms. The molecule has 0 aromatic heterocycles. The van der Waals surface area contributed by atoms with E-state index < -0.39 is 0 Å². The Bertz CT molecular complexity index is 412. The molecular weight excluding hydrogens is 218 g/mol. The van der Waals surface area contributed by atoms with Crippen LogP contribution >= 0.6 is 0 Å². The van der Waals surface area contributed by atoms with Crippen molar-refractivity contribution in [1.29, 1.82) is 0 Å². The Hall–Kier alpha value is -1.50. The van der Waals surface area contributed by atoms with Gasteiger partial charge in [-0.25, -0.2) is 0 Å². The minimum absolute atomic E-state index is 0.576. The Morgan fingerprint density at radius 2 is 1.72 bits per heavy atom. The summed E-state index contributed by atoms with van der Waals surface area (Å²) in [6.07, 6.45) is 4.24. The van der Waals surface area contributed by atoms with Crippen LogP contribution in [-0.2, 0) is 0 Å². The van der Waals surface area contributed by atoms with Crippen LogP contribution in [0, 0.1) is 11.8 Å². The largest absolute Gasteiger partial charge is 0.356 e. The third-order valence-corrected chi connectivity index (χ3v) is 3.49. The van der Waals surface area contributed by atoms with Gasteiger partial charge in [-0.3, -0.25) is 0 Å². The Labute approximate surface area is 112 Å². The number of para-hydroxylation sites is 1. The molecular formula is C17H25N. The second-order valence-electron chi connectivity index (χ2n) is 5.12. The summed E-state index contributed by atoms with van der Waals surface area (Å²) in [6, 6.07) is 10.3. The smallest absolute Gasteiger partial charge is 0.0384 e. The first kappa shape index (κ1) is 14.6. The van der Waals surface area contributed by atoms with Gasteiger partial charge in [0.05, 0.1) is 0 Å². The van der Waals surface area contributed by atoms with Gasteiger partial charge < -0.3 is 5.32 Å². The van der Waals surface area contributed by atoms with Crippen molar-refractivity contribution < 1.29 is 0 Å². The van der Waals surface area contributed by atoms with Crippen LogP contribution in [0.3, 0.4) is 0 Å². The van der Waals surface area contributed by atoms with Crippen LogP contribution in [0.5, 0.6) is 0 Å². The maximum absolute atomic E-state index is 3.51. The van der Waals surface area contributed by atoms with E-state index >= 15 is 0 Å². The number of allylic oxidation sites excluding steroid dienone is 3. The van der Waals surface area contributed by atoms with Gasteiger partial charge in [0, 0.05) is 11.4 Å². The van der Waals surface area contributed by atoms with Gasteiger partial charge in [-0.15, -0.1) is 0 Å². The summed E-state index contributed by atoms with van der Waals surface area (Å²) < 4.78 is 0. The number of nitrogens with one attached hydrogen (secondary N) is 1. The molecule has 0 spiro atoms. The molecule has 0 saturated carbocycles. The highest BCUT2D eigenvalue weighted by molar-refractivity contribution is 5.51. The molecule has 18 heavy (non-hydrogen) atoms. The van der Waals surface area contributed by atoms with Crippen LogP contribution in [0.25, 0.3) is 0 Å². The van der Waals surface area contributed by atoms with Gasteiger partial charge in [0.25, 0.3) is 0 Å². The predicted molar refractivity (Wildman–Crippen MR) is 81.6 cm³/mol. The van der Waals surface area contributed by atoms with Crippen LogP contribution in [0.15, 0.2) is 53.8 Å². The molecule has 0 aliphatic rings. The van der Waals surface area contributed by atoms with Gasteiger partial charge in [0.1, 0.15) is 0 Å². The third-order valence-electron chi connectivity index (χ3n) is 3.49. The number of anilines is 1. The summed E-state index contributed by atoms with van der Waals surface area (Å²) in [4.78, 5) is 0. The zero-order chi connectivity index (χ0) is 13.5. The first-order valence-electron chi connectivity index (χ1n) is 6.71. The lowest BCUT2D eigenvalue weighted by Crippen LogP contribution is -2.10. The Kier molecular flexibility index (Phi) is 5.70. The first-order valence-corrected chi connectivity index (χ1v) is 6.71. The van der Waals surface area contributed by atoms with Crippen LogP contribution < -0.4 is 5.32 Å². The van der Waals surface area contributed by atoms with Crippen molar-refractivity contribution in [3.05, 3.63) is 53.8 Å². The lowest BCUT2D eigenvalue weighted by Gasteiger charge is -2.20. The lowest BCUT2D eigenvalue weighted by atomic mass is 9.89. The van der Waals surface area contributed by atoms with E-state index in [1.54, 1.807) is 0 Å². The maximum atomic E-state index is 3.51. The summed E-state index contributed by atoms with van der Waals surface area (Å²) in [6.45, 7) is 11.1. The summed E-state index contributed by atoms with van der Waals surface area (Å²) in [5.41, 5.74) is 3.76. The molecule has 1 aromatic carbocycles. The fraction of sp³-hybridized carbons (Fsp3) is 0.412. The zero-order valence-corrected chi connectivity index (χ0v) is 12.2. The summed E-state index contributed by atoms with van der Waals surface area (Å²) in [7, 11) is 0. The van der Waals surface area contributed by atoms with Crippen molar-refractivity contribution in [1.82, 2.24) is 0 Å². The molecule has 1 atom stereocenters. The van der Waals surface area contributed by atoms with Gasteiger partial charge >= 0.3 is 0 Å². The highest BCUT2D eigenvalue weighted by Gasteiger charge is 2.12. The fourth-order valence-corrected chi connectivity index (χ4v) is 1.86. The molecule has 1 unspecified atom stereocenters. The van der Waals surface area contributed by atoms with E-state index in [-0.39, 0.29) is 0 Å². The van der Waals surface area contributed by atoms with E-state index in [2.05, 4.69) is 76.4 Å². The minimum Gasteiger partial charge on any atom is -0.356 e. The molecule has 98 valence electrons. The molecule has 1 heteroatoms. The molecule has 0 aliphatic carbocycles. The van der Waals surface area contributed by atoms with Crippen molar-refractivity contribution in [3.63, 3.8) is 0 Å². The quantitative estimate of drug-likeness (QED) is 0.697. The van der Waals surface area contributed by atoms with Gasteiger partial charge in [0.15, 0.2) is 0 Å². The first-order chi connectivity index (χ1) is 8.56. The highest BCUT2D eigenvalue weighted by atomic mass is 14.9. The Morgan fingerprint density at radius 1 is 1.11 bits per heavy atom. The monoisotopic (exact) mass is 243 g/mol. The number of rotatable bonds is 5. The SMILES string of the molecule is C/C=C\C(Nc1ccccc1)=C(/C)C(C)C(C)C. The van der Waals surface area contributed by atoms with E-state index in [4.69, 9.17) is 0 Å². The third kappa shape index (κ3) is 4.06. The molecule has 0 fully saturated rings. The standard InChI is InChI=1S/C17H25N/c1-6-10-17(15(5)14(4)13(2)3)18-16-11-8-7-9-12-16/h6-14,18H,1-5H3/b10-6-,17-15-. The molecule has 1 N–H and O–H groups in total. The molecule has 0 radical (unpaired) electrons. The molecule has 1 rings (SSSR count). The van der Waals surface area contributed by atoms with E-state index in [1.807, 2.05) is 6.07 Å². The van der Waals surface area contributed by atoms with Crippen molar-refractivity contribution >= 4 is 5.69 Å². The van der Waals surface area contributed by atoms with E-state index in [9.17, 15) is 0 Å². The molecule has 0 saturated heterocycles. The average molecular weight is 243 g/mol. The van der Waals surface area contributed by atoms with Crippen LogP contribution in [0.4, 0.5) is 5.69 Å². The molecule has 0 aliphatic heterocycles. The second-order valence-corrected chi connectivity index (χ2v) is 5.12. The van der Waals surface area contributed by atoms with Crippen LogP contribution in [0.1, 0.15) is 34.6 Å². The molecule has 0 amide bonds. The molecule has 1 aromatic rings. The van der Waals surface area contributed by atoms with Gasteiger partial charge in [-0.05, 0) is 49.5 Å². The minimum atomic E-state index is 0.576. The van der Waals surface area contributed by atoms with Crippen LogP contribution in [0.2, 0.25) is 0 Å². The van der Waals surface area contributed by atoms with E-state index in [1.165, 1.54) is 11.3 Å². The Morgan fingerprint density at radius 3 is 2.22 bits per heavy atom. The number of hydrogen-bond donors (Lipinski definition) is 1. The van der Waals surface area contributed by atoms with E-state index in [0.29, 0.717) is 11.8 Å². The second kappa shape index (κ2) is 7.05. The Balaban J connectivity index is 2.99. The highest BCUT2D eigenvalue weighted by Crippen LogP contribution is 2.24. The number of benzene rings is 1. The normalized spacial score (nSPS) is 14.8. The summed E-state index contributed by atoms with van der Waals surface area (Å²) >= 11 is 0. The topological polar surface area (TPSA) is 12.0 Å². The average Bonchev–Trinajstić information content (AvgIpc) is 2.37. The maximum Gasteiger partial charge on any atom is 0.0384 e. The summed E-state index contributed by atoms with van der Waals surface area (Å²) in [5.74, 6) is 1.23. The number of hydrogen-bond acceptors (Lipinski definition) is 1. The lowest BCUT2D eigenvalue weighted by molar-refractivity contribution is 0.478. The van der Waals surface area contributed by atoms with Gasteiger partial charge in [-0.2, -0.15) is 0 Å². The molecule has 1 nitrogen and oxygen atoms in total. The van der Waals surface area contributed by atoms with Gasteiger partial charge in [-0.1, -0.05) is 45.0 Å². The van der Waals surface area contributed by atoms with Crippen LogP contribution in [-0.4, -0.2) is 0 Å². The predicted octanol–water partition coefficient (Wildman–Crippen LogP) is 5.24. The van der Waals surface area contributed by atoms with E-state index in [0.717, 1.165) is 5.69 Å². The fourth-order valence-electron chi connectivity index (χ4n) is 1.86. The zero-order valence-electron chi connectivity index (χ0n) is 12.2. The van der Waals surface area contributed by atoms with Crippen molar-refractivity contribution in [2.75, 3.05) is 5.32 Å². The molecule has 0 heterocycles. The van der Waals surface area contributed by atoms with Crippen molar-refractivity contribution in [2.24, 2.45) is 11.8 Å². The van der Waals surface area contributed by atoms with Crippen molar-refractivity contribution in [3.8, 4) is 0 Å².